The number of methoxy groups -OCH3 is 1. The highest BCUT2D eigenvalue weighted by Crippen LogP contribution is 2.56. The van der Waals surface area contributed by atoms with Gasteiger partial charge in [0, 0.05) is 28.7 Å². The van der Waals surface area contributed by atoms with E-state index in [0.717, 1.165) is 0 Å². The number of hydrogen-bond acceptors (Lipinski definition) is 7. The largest absolute Gasteiger partial charge is 0.508 e. The van der Waals surface area contributed by atoms with Crippen LogP contribution in [0.3, 0.4) is 0 Å². The van der Waals surface area contributed by atoms with Crippen molar-refractivity contribution in [2.45, 2.75) is 18.8 Å². The maximum atomic E-state index is 13.1. The molecule has 1 fully saturated rings. The molecule has 1 aromatic carbocycles. The molecule has 4 unspecified atom stereocenters. The molecular weight excluding hydrogens is 482 g/mol. The lowest BCUT2D eigenvalue weighted by Gasteiger charge is -2.42. The van der Waals surface area contributed by atoms with E-state index < -0.39 is 35.5 Å². The van der Waals surface area contributed by atoms with E-state index >= 15 is 0 Å². The molecule has 0 saturated carbocycles. The molecule has 9 heteroatoms. The lowest BCUT2D eigenvalue weighted by atomic mass is 9.59. The molecule has 4 aliphatic rings. The highest BCUT2D eigenvalue weighted by atomic mass is 79.9. The number of allylic oxidation sites excluding steroid dienone is 6. The minimum absolute atomic E-state index is 0.0854. The van der Waals surface area contributed by atoms with Crippen molar-refractivity contribution in [2.75, 3.05) is 7.11 Å². The summed E-state index contributed by atoms with van der Waals surface area (Å²) in [5.41, 5.74) is 1.55. The number of carbonyl (C=O) groups is 4. The Balaban J connectivity index is 1.74. The molecular formula is C23H18BrNO7. The quantitative estimate of drug-likeness (QED) is 0.277. The molecule has 5 rings (SSSR count). The molecule has 1 heterocycles. The number of carbonyl (C=O) groups excluding carboxylic acids is 4. The van der Waals surface area contributed by atoms with E-state index in [1.54, 1.807) is 18.2 Å². The van der Waals surface area contributed by atoms with Gasteiger partial charge in [-0.15, -0.1) is 0 Å². The molecule has 164 valence electrons. The summed E-state index contributed by atoms with van der Waals surface area (Å²) in [6.45, 7) is 0. The molecule has 32 heavy (non-hydrogen) atoms. The van der Waals surface area contributed by atoms with Gasteiger partial charge in [-0.3, -0.25) is 24.4 Å². The van der Waals surface area contributed by atoms with Crippen molar-refractivity contribution in [1.82, 2.24) is 5.06 Å². The molecule has 1 saturated heterocycles. The number of ketones is 2. The first-order valence-electron chi connectivity index (χ1n) is 10.1. The van der Waals surface area contributed by atoms with Crippen molar-refractivity contribution < 1.29 is 34.2 Å². The van der Waals surface area contributed by atoms with E-state index in [9.17, 15) is 29.5 Å². The Labute approximate surface area is 190 Å². The van der Waals surface area contributed by atoms with Crippen LogP contribution in [-0.4, -0.2) is 45.9 Å². The van der Waals surface area contributed by atoms with Crippen LogP contribution in [0.4, 0.5) is 0 Å². The number of phenols is 1. The number of nitrogens with zero attached hydrogens (tertiary/aromatic N) is 1. The van der Waals surface area contributed by atoms with Crippen molar-refractivity contribution >= 4 is 39.3 Å². The number of hydroxylamine groups is 2. The van der Waals surface area contributed by atoms with Crippen molar-refractivity contribution in [2.24, 2.45) is 17.8 Å². The first-order chi connectivity index (χ1) is 15.2. The van der Waals surface area contributed by atoms with Gasteiger partial charge in [0.25, 0.3) is 11.8 Å². The van der Waals surface area contributed by atoms with E-state index in [4.69, 9.17) is 4.74 Å². The molecule has 0 aromatic heterocycles. The number of amides is 2. The number of ether oxygens (including phenoxy) is 1. The summed E-state index contributed by atoms with van der Waals surface area (Å²) >= 11 is 3.15. The molecule has 3 aliphatic carbocycles. The second kappa shape index (κ2) is 7.25. The number of aromatic hydroxyl groups is 1. The Morgan fingerprint density at radius 2 is 1.88 bits per heavy atom. The summed E-state index contributed by atoms with van der Waals surface area (Å²) < 4.78 is 5.41. The number of rotatable bonds is 2. The number of phenolic OH excluding ortho intramolecular Hbond substituents is 1. The van der Waals surface area contributed by atoms with Crippen LogP contribution in [-0.2, 0) is 19.2 Å². The second-order valence-corrected chi connectivity index (χ2v) is 9.16. The molecule has 8 nitrogen and oxygen atoms in total. The SMILES string of the molecule is COc1ccc(O)c(C2C3=CCC4C(=O)N(O)C(=O)C4C3CC3=C2C(=O)C=C(Br)C3=O)c1. The summed E-state index contributed by atoms with van der Waals surface area (Å²) in [6, 6.07) is 4.63. The smallest absolute Gasteiger partial charge is 0.257 e. The highest BCUT2D eigenvalue weighted by Gasteiger charge is 2.56. The van der Waals surface area contributed by atoms with Gasteiger partial charge in [0.05, 0.1) is 23.4 Å². The Morgan fingerprint density at radius 3 is 2.59 bits per heavy atom. The normalized spacial score (nSPS) is 29.4. The van der Waals surface area contributed by atoms with Crippen molar-refractivity contribution in [1.29, 1.82) is 0 Å². The molecule has 4 atom stereocenters. The van der Waals surface area contributed by atoms with Crippen LogP contribution in [0.1, 0.15) is 24.3 Å². The predicted molar refractivity (Wildman–Crippen MR) is 113 cm³/mol. The number of imide groups is 1. The van der Waals surface area contributed by atoms with Crippen LogP contribution in [0.2, 0.25) is 0 Å². The number of fused-ring (bicyclic) bond motifs is 3. The van der Waals surface area contributed by atoms with Gasteiger partial charge in [-0.25, -0.2) is 0 Å². The number of Topliss-reactive ketones (excluding diaryl/α,β-unsaturated/α-hetero) is 1. The third-order valence-corrected chi connectivity index (χ3v) is 7.44. The van der Waals surface area contributed by atoms with E-state index in [2.05, 4.69) is 15.9 Å². The third-order valence-electron chi connectivity index (χ3n) is 6.85. The van der Waals surface area contributed by atoms with Crippen LogP contribution in [0.15, 0.2) is 51.6 Å². The molecule has 1 aromatic rings. The van der Waals surface area contributed by atoms with Gasteiger partial charge in [-0.2, -0.15) is 5.06 Å². The fourth-order valence-corrected chi connectivity index (χ4v) is 5.88. The zero-order valence-corrected chi connectivity index (χ0v) is 18.5. The van der Waals surface area contributed by atoms with E-state index in [1.807, 2.05) is 0 Å². The van der Waals surface area contributed by atoms with Gasteiger partial charge >= 0.3 is 0 Å². The van der Waals surface area contributed by atoms with Crippen LogP contribution < -0.4 is 4.74 Å². The molecule has 0 radical (unpaired) electrons. The number of hydrogen-bond donors (Lipinski definition) is 2. The Morgan fingerprint density at radius 1 is 1.12 bits per heavy atom. The average molecular weight is 500 g/mol. The maximum Gasteiger partial charge on any atom is 0.257 e. The lowest BCUT2D eigenvalue weighted by molar-refractivity contribution is -0.173. The van der Waals surface area contributed by atoms with Crippen molar-refractivity contribution in [3.8, 4) is 11.5 Å². The number of halogens is 1. The van der Waals surface area contributed by atoms with Crippen LogP contribution in [0, 0.1) is 17.8 Å². The Bertz CT molecular complexity index is 1210. The first kappa shape index (κ1) is 20.8. The minimum atomic E-state index is -0.843. The fourth-order valence-electron chi connectivity index (χ4n) is 5.44. The summed E-state index contributed by atoms with van der Waals surface area (Å²) in [6.07, 6.45) is 3.32. The third kappa shape index (κ3) is 2.77. The first-order valence-corrected chi connectivity index (χ1v) is 10.9. The van der Waals surface area contributed by atoms with Crippen molar-refractivity contribution in [3.63, 3.8) is 0 Å². The highest BCUT2D eigenvalue weighted by molar-refractivity contribution is 9.12. The van der Waals surface area contributed by atoms with E-state index in [-0.39, 0.29) is 50.8 Å². The Hall–Kier alpha value is -3.04. The van der Waals surface area contributed by atoms with Crippen LogP contribution >= 0.6 is 15.9 Å². The Kier molecular flexibility index (Phi) is 4.72. The molecule has 0 spiro atoms. The van der Waals surface area contributed by atoms with Gasteiger partial charge < -0.3 is 9.84 Å². The maximum absolute atomic E-state index is 13.1. The summed E-state index contributed by atoms with van der Waals surface area (Å²) in [5, 5.41) is 20.8. The van der Waals surface area contributed by atoms with E-state index in [0.29, 0.717) is 16.9 Å². The predicted octanol–water partition coefficient (Wildman–Crippen LogP) is 2.55. The summed E-state index contributed by atoms with van der Waals surface area (Å²) in [4.78, 5) is 51.2. The minimum Gasteiger partial charge on any atom is -0.508 e. The topological polar surface area (TPSA) is 121 Å². The monoisotopic (exact) mass is 499 g/mol. The zero-order valence-electron chi connectivity index (χ0n) is 16.9. The average Bonchev–Trinajstić information content (AvgIpc) is 3.00. The van der Waals surface area contributed by atoms with Crippen LogP contribution in [0.25, 0.3) is 0 Å². The molecule has 1 aliphatic heterocycles. The van der Waals surface area contributed by atoms with Crippen molar-refractivity contribution in [3.05, 3.63) is 57.1 Å². The fraction of sp³-hybridized carbons (Fsp3) is 0.304. The summed E-state index contributed by atoms with van der Waals surface area (Å²) in [5.74, 6) is -4.67. The van der Waals surface area contributed by atoms with E-state index in [1.165, 1.54) is 19.3 Å². The van der Waals surface area contributed by atoms with Gasteiger partial charge in [-0.05, 0) is 52.9 Å². The van der Waals surface area contributed by atoms with Gasteiger partial charge in [-0.1, -0.05) is 11.6 Å². The summed E-state index contributed by atoms with van der Waals surface area (Å²) in [7, 11) is 1.47. The van der Waals surface area contributed by atoms with Gasteiger partial charge in [0.2, 0.25) is 0 Å². The van der Waals surface area contributed by atoms with Gasteiger partial charge in [0.15, 0.2) is 11.6 Å². The standard InChI is InChI=1S/C23H18BrNO7/c1-32-9-2-5-16(26)13(6-9)18-10-3-4-11-19(23(30)25(31)22(11)29)12(10)7-14-20(18)17(27)8-15(24)21(14)28/h2-3,5-6,8,11-12,18-19,26,31H,4,7H2,1H3. The number of benzene rings is 1. The van der Waals surface area contributed by atoms with Crippen LogP contribution in [0.5, 0.6) is 11.5 Å². The lowest BCUT2D eigenvalue weighted by Crippen LogP contribution is -2.39. The molecule has 2 amide bonds. The molecule has 2 N–H and O–H groups in total. The molecule has 0 bridgehead atoms. The zero-order chi connectivity index (χ0) is 22.9. The second-order valence-electron chi connectivity index (χ2n) is 8.31. The van der Waals surface area contributed by atoms with Gasteiger partial charge in [0.1, 0.15) is 11.5 Å².